The van der Waals surface area contributed by atoms with Crippen LogP contribution in [0.3, 0.4) is 0 Å². The Balaban J connectivity index is 1.54. The minimum atomic E-state index is -4.42. The molecule has 8 heteroatoms. The predicted molar refractivity (Wildman–Crippen MR) is 127 cm³/mol. The number of anilines is 2. The van der Waals surface area contributed by atoms with Gasteiger partial charge in [0.15, 0.2) is 0 Å². The Morgan fingerprint density at radius 2 is 1.67 bits per heavy atom. The van der Waals surface area contributed by atoms with E-state index < -0.39 is 11.7 Å². The Morgan fingerprint density at radius 3 is 2.33 bits per heavy atom. The zero-order valence-corrected chi connectivity index (χ0v) is 19.1. The number of benzene rings is 2. The smallest absolute Gasteiger partial charge is 0.326 e. The molecule has 0 saturated heterocycles. The summed E-state index contributed by atoms with van der Waals surface area (Å²) < 4.78 is 38.8. The molecule has 0 spiro atoms. The second-order valence-electron chi connectivity index (χ2n) is 8.05. The summed E-state index contributed by atoms with van der Waals surface area (Å²) in [5.41, 5.74) is 2.83. The fourth-order valence-electron chi connectivity index (χ4n) is 3.33. The summed E-state index contributed by atoms with van der Waals surface area (Å²) >= 11 is 1.50. The first-order chi connectivity index (χ1) is 15.6. The van der Waals surface area contributed by atoms with Crippen molar-refractivity contribution in [3.8, 4) is 0 Å². The first-order valence-electron chi connectivity index (χ1n) is 10.5. The lowest BCUT2D eigenvalue weighted by Crippen LogP contribution is -2.16. The molecule has 0 radical (unpaired) electrons. The molecule has 2 N–H and O–H groups in total. The molecular formula is C25H25F3N2O2S. The van der Waals surface area contributed by atoms with Gasteiger partial charge in [-0.1, -0.05) is 30.7 Å². The van der Waals surface area contributed by atoms with Crippen LogP contribution in [0.5, 0.6) is 0 Å². The highest BCUT2D eigenvalue weighted by Gasteiger charge is 2.30. The van der Waals surface area contributed by atoms with Gasteiger partial charge in [-0.15, -0.1) is 11.8 Å². The van der Waals surface area contributed by atoms with E-state index in [4.69, 9.17) is 0 Å². The maximum absolute atomic E-state index is 12.9. The van der Waals surface area contributed by atoms with Gasteiger partial charge in [-0.05, 0) is 72.4 Å². The zero-order chi connectivity index (χ0) is 24.0. The van der Waals surface area contributed by atoms with Gasteiger partial charge in [0, 0.05) is 23.4 Å². The molecule has 0 aliphatic carbocycles. The molecule has 174 valence electrons. The third-order valence-electron chi connectivity index (χ3n) is 5.26. The fraction of sp³-hybridized carbons (Fsp3) is 0.280. The Morgan fingerprint density at radius 1 is 1.00 bits per heavy atom. The van der Waals surface area contributed by atoms with E-state index >= 15 is 0 Å². The molecule has 0 fully saturated rings. The third kappa shape index (κ3) is 7.25. The van der Waals surface area contributed by atoms with Crippen LogP contribution in [-0.2, 0) is 15.8 Å². The third-order valence-corrected chi connectivity index (χ3v) is 6.22. The lowest BCUT2D eigenvalue weighted by atomic mass is 9.95. The molecule has 1 heterocycles. The number of nitrogens with one attached hydrogen (secondary N) is 2. The Kier molecular flexibility index (Phi) is 8.02. The van der Waals surface area contributed by atoms with Crippen LogP contribution in [0.25, 0.3) is 0 Å². The Bertz CT molecular complexity index is 1080. The number of thioether (sulfide) groups is 1. The predicted octanol–water partition coefficient (Wildman–Crippen LogP) is 7.09. The molecule has 1 aliphatic rings. The molecule has 3 rings (SSSR count). The van der Waals surface area contributed by atoms with E-state index in [0.717, 1.165) is 18.6 Å². The molecule has 0 bridgehead atoms. The number of halogens is 3. The topological polar surface area (TPSA) is 58.2 Å². The normalized spacial score (nSPS) is 15.1. The summed E-state index contributed by atoms with van der Waals surface area (Å²) in [5, 5.41) is 9.49. The second-order valence-corrected chi connectivity index (χ2v) is 8.79. The molecule has 1 aliphatic heterocycles. The van der Waals surface area contributed by atoms with Gasteiger partial charge < -0.3 is 10.6 Å². The molecule has 2 aromatic rings. The van der Waals surface area contributed by atoms with E-state index in [-0.39, 0.29) is 24.2 Å². The van der Waals surface area contributed by atoms with E-state index in [2.05, 4.69) is 10.6 Å². The van der Waals surface area contributed by atoms with Crippen LogP contribution in [0.15, 0.2) is 70.5 Å². The van der Waals surface area contributed by atoms with Crippen molar-refractivity contribution in [1.29, 1.82) is 0 Å². The number of amides is 2. The van der Waals surface area contributed by atoms with Crippen LogP contribution in [0.2, 0.25) is 0 Å². The monoisotopic (exact) mass is 474 g/mol. The van der Waals surface area contributed by atoms with E-state index in [0.29, 0.717) is 28.9 Å². The van der Waals surface area contributed by atoms with Crippen LogP contribution >= 0.6 is 11.8 Å². The van der Waals surface area contributed by atoms with Gasteiger partial charge in [0.05, 0.1) is 5.56 Å². The molecular weight excluding hydrogens is 449 g/mol. The summed E-state index contributed by atoms with van der Waals surface area (Å²) in [4.78, 5) is 24.9. The van der Waals surface area contributed by atoms with Gasteiger partial charge in [-0.2, -0.15) is 13.2 Å². The minimum Gasteiger partial charge on any atom is -0.326 e. The average Bonchev–Trinajstić information content (AvgIpc) is 2.99. The summed E-state index contributed by atoms with van der Waals surface area (Å²) in [6.07, 6.45) is -2.86. The highest BCUT2D eigenvalue weighted by atomic mass is 32.2. The number of alkyl halides is 3. The molecule has 2 amide bonds. The minimum absolute atomic E-state index is 0.0407. The highest BCUT2D eigenvalue weighted by molar-refractivity contribution is 8.05. The van der Waals surface area contributed by atoms with E-state index in [9.17, 15) is 22.8 Å². The van der Waals surface area contributed by atoms with Crippen molar-refractivity contribution in [3.63, 3.8) is 0 Å². The van der Waals surface area contributed by atoms with Crippen molar-refractivity contribution in [2.24, 2.45) is 0 Å². The van der Waals surface area contributed by atoms with Crippen LogP contribution < -0.4 is 10.6 Å². The number of allylic oxidation sites excluding steroid dienone is 1. The van der Waals surface area contributed by atoms with Gasteiger partial charge in [-0.25, -0.2) is 0 Å². The quantitative estimate of drug-likeness (QED) is 0.470. The maximum atomic E-state index is 12.9. The molecule has 1 atom stereocenters. The molecule has 1 unspecified atom stereocenters. The Labute approximate surface area is 195 Å². The summed E-state index contributed by atoms with van der Waals surface area (Å²) in [5.74, 6) is -0.841. The van der Waals surface area contributed by atoms with Crippen molar-refractivity contribution in [3.05, 3.63) is 81.6 Å². The summed E-state index contributed by atoms with van der Waals surface area (Å²) in [6.45, 7) is 3.75. The first kappa shape index (κ1) is 24.6. The molecule has 0 saturated carbocycles. The van der Waals surface area contributed by atoms with Crippen molar-refractivity contribution < 1.29 is 22.8 Å². The van der Waals surface area contributed by atoms with Gasteiger partial charge in [0.25, 0.3) is 5.91 Å². The van der Waals surface area contributed by atoms with Gasteiger partial charge in [-0.3, -0.25) is 9.59 Å². The lowest BCUT2D eigenvalue weighted by molar-refractivity contribution is -0.137. The van der Waals surface area contributed by atoms with Crippen LogP contribution in [0.4, 0.5) is 24.5 Å². The van der Waals surface area contributed by atoms with E-state index in [1.165, 1.54) is 23.4 Å². The van der Waals surface area contributed by atoms with E-state index in [1.807, 2.05) is 17.7 Å². The van der Waals surface area contributed by atoms with Crippen LogP contribution in [-0.4, -0.2) is 11.8 Å². The molecule has 2 aromatic carbocycles. The second kappa shape index (κ2) is 10.7. The molecule has 33 heavy (non-hydrogen) atoms. The Hall–Kier alpha value is -3.00. The van der Waals surface area contributed by atoms with Crippen LogP contribution in [0, 0.1) is 0 Å². The zero-order valence-electron chi connectivity index (χ0n) is 18.3. The number of hydrogen-bond acceptors (Lipinski definition) is 3. The first-order valence-corrected chi connectivity index (χ1v) is 11.4. The van der Waals surface area contributed by atoms with E-state index in [1.54, 1.807) is 37.3 Å². The summed E-state index contributed by atoms with van der Waals surface area (Å²) in [7, 11) is 0. The number of carbonyl (C=O) groups is 2. The van der Waals surface area contributed by atoms with Crippen molar-refractivity contribution in [2.45, 2.75) is 45.2 Å². The SMILES string of the molecule is CC1=CSC=C(C(=O)Nc2ccc(NC(=O)CC(C)c3cccc(C(F)(F)F)c3)cc2)CC1. The van der Waals surface area contributed by atoms with Crippen molar-refractivity contribution >= 4 is 35.0 Å². The highest BCUT2D eigenvalue weighted by Crippen LogP contribution is 2.32. The number of rotatable bonds is 6. The van der Waals surface area contributed by atoms with Crippen molar-refractivity contribution in [2.75, 3.05) is 10.6 Å². The largest absolute Gasteiger partial charge is 0.416 e. The average molecular weight is 475 g/mol. The summed E-state index contributed by atoms with van der Waals surface area (Å²) in [6, 6.07) is 11.8. The molecule has 0 aromatic heterocycles. The van der Waals surface area contributed by atoms with Crippen LogP contribution in [0.1, 0.15) is 50.2 Å². The fourth-order valence-corrected chi connectivity index (χ4v) is 4.13. The van der Waals surface area contributed by atoms with Gasteiger partial charge in [0.1, 0.15) is 0 Å². The van der Waals surface area contributed by atoms with Gasteiger partial charge >= 0.3 is 6.18 Å². The van der Waals surface area contributed by atoms with Crippen molar-refractivity contribution in [1.82, 2.24) is 0 Å². The molecule has 4 nitrogen and oxygen atoms in total. The number of carbonyl (C=O) groups excluding carboxylic acids is 2. The standard InChI is InChI=1S/C25H25F3N2O2S/c1-16-6-7-19(15-33-14-16)24(32)30-22-10-8-21(9-11-22)29-23(31)12-17(2)18-4-3-5-20(13-18)25(26,27)28/h3-5,8-11,13-15,17H,6-7,12H2,1-2H3,(H,29,31)(H,30,32). The van der Waals surface area contributed by atoms with Gasteiger partial charge in [0.2, 0.25) is 5.91 Å². The maximum Gasteiger partial charge on any atom is 0.416 e. The lowest BCUT2D eigenvalue weighted by Gasteiger charge is -2.15. The number of hydrogen-bond donors (Lipinski definition) is 2.